The lowest BCUT2D eigenvalue weighted by atomic mass is 10.2. The van der Waals surface area contributed by atoms with E-state index in [-0.39, 0.29) is 11.9 Å². The molecule has 20 heavy (non-hydrogen) atoms. The smallest absolute Gasteiger partial charge is 0.319 e. The van der Waals surface area contributed by atoms with Gasteiger partial charge in [-0.25, -0.2) is 4.79 Å². The molecule has 0 aromatic carbocycles. The molecular weight excluding hydrogens is 258 g/mol. The Kier molecular flexibility index (Phi) is 4.59. The Morgan fingerprint density at radius 3 is 2.40 bits per heavy atom. The molecule has 7 heteroatoms. The minimum atomic E-state index is 0.0736. The molecule has 0 radical (unpaired) electrons. The molecule has 1 aromatic rings. The maximum atomic E-state index is 11.8. The van der Waals surface area contributed by atoms with Crippen molar-refractivity contribution in [2.75, 3.05) is 40.3 Å². The third-order valence-electron chi connectivity index (χ3n) is 3.36. The van der Waals surface area contributed by atoms with Gasteiger partial charge >= 0.3 is 6.03 Å². The van der Waals surface area contributed by atoms with Gasteiger partial charge in [0.1, 0.15) is 0 Å². The molecule has 0 saturated carbocycles. The minimum absolute atomic E-state index is 0.0736. The molecule has 1 fully saturated rings. The monoisotopic (exact) mass is 281 g/mol. The van der Waals surface area contributed by atoms with Crippen LogP contribution in [-0.4, -0.2) is 71.2 Å². The highest BCUT2D eigenvalue weighted by Crippen LogP contribution is 2.14. The molecule has 0 bridgehead atoms. The number of carbonyl (C=O) groups is 1. The highest BCUT2D eigenvalue weighted by Gasteiger charge is 2.23. The van der Waals surface area contributed by atoms with Crippen LogP contribution in [-0.2, 0) is 6.54 Å². The maximum Gasteiger partial charge on any atom is 0.319 e. The van der Waals surface area contributed by atoms with Gasteiger partial charge in [-0.05, 0) is 0 Å². The van der Waals surface area contributed by atoms with E-state index >= 15 is 0 Å². The topological polar surface area (TPSA) is 65.7 Å². The molecule has 112 valence electrons. The van der Waals surface area contributed by atoms with Crippen LogP contribution >= 0.6 is 0 Å². The number of carbonyl (C=O) groups excluding carboxylic acids is 1. The molecule has 0 atom stereocenters. The molecule has 1 aromatic heterocycles. The van der Waals surface area contributed by atoms with E-state index in [9.17, 15) is 4.79 Å². The van der Waals surface area contributed by atoms with E-state index in [0.717, 1.165) is 26.2 Å². The predicted molar refractivity (Wildman–Crippen MR) is 74.3 cm³/mol. The molecule has 0 spiro atoms. The van der Waals surface area contributed by atoms with Gasteiger partial charge in [-0.3, -0.25) is 4.90 Å². The van der Waals surface area contributed by atoms with Gasteiger partial charge in [-0.1, -0.05) is 13.8 Å². The summed E-state index contributed by atoms with van der Waals surface area (Å²) >= 11 is 0. The first-order valence-electron chi connectivity index (χ1n) is 6.98. The molecule has 2 heterocycles. The lowest BCUT2D eigenvalue weighted by molar-refractivity contribution is 0.114. The Labute approximate surface area is 119 Å². The van der Waals surface area contributed by atoms with Gasteiger partial charge in [0.2, 0.25) is 11.8 Å². The molecule has 2 amide bonds. The molecule has 2 rings (SSSR count). The average molecular weight is 281 g/mol. The Morgan fingerprint density at radius 1 is 1.25 bits per heavy atom. The summed E-state index contributed by atoms with van der Waals surface area (Å²) in [6.07, 6.45) is 0. The molecule has 0 unspecified atom stereocenters. The number of rotatable bonds is 3. The fraction of sp³-hybridized carbons (Fsp3) is 0.769. The first kappa shape index (κ1) is 14.8. The SMILES string of the molecule is CC(C)c1nnc(CN2CCN(C(=O)N(C)C)CC2)o1. The lowest BCUT2D eigenvalue weighted by Gasteiger charge is -2.35. The van der Waals surface area contributed by atoms with Gasteiger partial charge in [-0.2, -0.15) is 0 Å². The van der Waals surface area contributed by atoms with Crippen LogP contribution in [0.4, 0.5) is 4.79 Å². The number of aromatic nitrogens is 2. The molecule has 1 aliphatic rings. The van der Waals surface area contributed by atoms with Crippen molar-refractivity contribution in [2.24, 2.45) is 0 Å². The van der Waals surface area contributed by atoms with Crippen molar-refractivity contribution in [2.45, 2.75) is 26.3 Å². The number of hydrogen-bond donors (Lipinski definition) is 0. The summed E-state index contributed by atoms with van der Waals surface area (Å²) in [6.45, 7) is 7.86. The lowest BCUT2D eigenvalue weighted by Crippen LogP contribution is -2.51. The number of piperazine rings is 1. The molecule has 7 nitrogen and oxygen atoms in total. The van der Waals surface area contributed by atoms with Gasteiger partial charge in [0.15, 0.2) is 0 Å². The van der Waals surface area contributed by atoms with Crippen molar-refractivity contribution < 1.29 is 9.21 Å². The Bertz CT molecular complexity index is 449. The van der Waals surface area contributed by atoms with Crippen molar-refractivity contribution in [3.63, 3.8) is 0 Å². The van der Waals surface area contributed by atoms with Crippen LogP contribution in [0.2, 0.25) is 0 Å². The Balaban J connectivity index is 1.83. The zero-order valence-electron chi connectivity index (χ0n) is 12.7. The van der Waals surface area contributed by atoms with Gasteiger partial charge in [0, 0.05) is 46.2 Å². The zero-order valence-corrected chi connectivity index (χ0v) is 12.7. The standard InChI is InChI=1S/C13H23N5O2/c1-10(2)12-15-14-11(20-12)9-17-5-7-18(8-6-17)13(19)16(3)4/h10H,5-9H2,1-4H3. The number of nitrogens with zero attached hydrogens (tertiary/aromatic N) is 5. The van der Waals surface area contributed by atoms with E-state index in [1.807, 2.05) is 18.7 Å². The van der Waals surface area contributed by atoms with Gasteiger partial charge in [-0.15, -0.1) is 10.2 Å². The summed E-state index contributed by atoms with van der Waals surface area (Å²) in [5.41, 5.74) is 0. The zero-order chi connectivity index (χ0) is 14.7. The highest BCUT2D eigenvalue weighted by atomic mass is 16.4. The summed E-state index contributed by atoms with van der Waals surface area (Å²) in [6, 6.07) is 0.0736. The summed E-state index contributed by atoms with van der Waals surface area (Å²) in [7, 11) is 3.56. The number of urea groups is 1. The van der Waals surface area contributed by atoms with Crippen molar-refractivity contribution in [3.8, 4) is 0 Å². The third-order valence-corrected chi connectivity index (χ3v) is 3.36. The van der Waals surface area contributed by atoms with Crippen molar-refractivity contribution >= 4 is 6.03 Å². The summed E-state index contributed by atoms with van der Waals surface area (Å²) in [5.74, 6) is 1.59. The van der Waals surface area contributed by atoms with E-state index < -0.39 is 0 Å². The molecule has 0 aliphatic carbocycles. The van der Waals surface area contributed by atoms with E-state index in [2.05, 4.69) is 15.1 Å². The first-order valence-corrected chi connectivity index (χ1v) is 6.98. The average Bonchev–Trinajstić information content (AvgIpc) is 2.87. The van der Waals surface area contributed by atoms with Gasteiger partial charge < -0.3 is 14.2 Å². The number of amides is 2. The second kappa shape index (κ2) is 6.21. The Hall–Kier alpha value is -1.63. The van der Waals surface area contributed by atoms with Crippen LogP contribution in [0, 0.1) is 0 Å². The predicted octanol–water partition coefficient (Wildman–Crippen LogP) is 0.992. The van der Waals surface area contributed by atoms with Crippen molar-refractivity contribution in [1.82, 2.24) is 24.9 Å². The van der Waals surface area contributed by atoms with Crippen LogP contribution in [0.1, 0.15) is 31.5 Å². The second-order valence-electron chi connectivity index (χ2n) is 5.63. The molecule has 0 N–H and O–H groups in total. The quantitative estimate of drug-likeness (QED) is 0.826. The fourth-order valence-corrected chi connectivity index (χ4v) is 2.14. The van der Waals surface area contributed by atoms with Crippen molar-refractivity contribution in [1.29, 1.82) is 0 Å². The Morgan fingerprint density at radius 2 is 1.90 bits per heavy atom. The molecule has 1 aliphatic heterocycles. The van der Waals surface area contributed by atoms with Crippen molar-refractivity contribution in [3.05, 3.63) is 11.8 Å². The van der Waals surface area contributed by atoms with Gasteiger partial charge in [0.25, 0.3) is 0 Å². The van der Waals surface area contributed by atoms with Crippen LogP contribution in [0.5, 0.6) is 0 Å². The van der Waals surface area contributed by atoms with E-state index in [1.54, 1.807) is 19.0 Å². The maximum absolute atomic E-state index is 11.8. The van der Waals surface area contributed by atoms with E-state index in [0.29, 0.717) is 18.3 Å². The van der Waals surface area contributed by atoms with E-state index in [4.69, 9.17) is 4.42 Å². The van der Waals surface area contributed by atoms with E-state index in [1.165, 1.54) is 0 Å². The molecular formula is C13H23N5O2. The summed E-state index contributed by atoms with van der Waals surface area (Å²) in [5, 5.41) is 8.10. The molecule has 1 saturated heterocycles. The van der Waals surface area contributed by atoms with Crippen LogP contribution < -0.4 is 0 Å². The van der Waals surface area contributed by atoms with Gasteiger partial charge in [0.05, 0.1) is 6.54 Å². The largest absolute Gasteiger partial charge is 0.424 e. The van der Waals surface area contributed by atoms with Crippen LogP contribution in [0.3, 0.4) is 0 Å². The third kappa shape index (κ3) is 3.47. The summed E-state index contributed by atoms with van der Waals surface area (Å²) < 4.78 is 5.61. The highest BCUT2D eigenvalue weighted by molar-refractivity contribution is 5.73. The van der Waals surface area contributed by atoms with Crippen LogP contribution in [0.15, 0.2) is 4.42 Å². The number of hydrogen-bond acceptors (Lipinski definition) is 5. The first-order chi connectivity index (χ1) is 9.47. The van der Waals surface area contributed by atoms with Crippen LogP contribution in [0.25, 0.3) is 0 Å². The normalized spacial score (nSPS) is 16.8. The second-order valence-corrected chi connectivity index (χ2v) is 5.63. The summed E-state index contributed by atoms with van der Waals surface area (Å²) in [4.78, 5) is 17.5. The minimum Gasteiger partial charge on any atom is -0.424 e. The fourth-order valence-electron chi connectivity index (χ4n) is 2.14.